The second kappa shape index (κ2) is 6.68. The maximum Gasteiger partial charge on any atom is 1.00 e. The van der Waals surface area contributed by atoms with Gasteiger partial charge in [-0.15, -0.1) is 11.3 Å². The van der Waals surface area contributed by atoms with Crippen LogP contribution in [0.25, 0.3) is 0 Å². The van der Waals surface area contributed by atoms with Crippen molar-refractivity contribution in [3.05, 3.63) is 46.2 Å². The minimum absolute atomic E-state index is 0. The molecule has 2 nitrogen and oxygen atoms in total. The highest BCUT2D eigenvalue weighted by Gasteiger charge is 2.07. The van der Waals surface area contributed by atoms with Crippen LogP contribution in [0.3, 0.4) is 0 Å². The Morgan fingerprint density at radius 3 is 2.84 bits per heavy atom. The van der Waals surface area contributed by atoms with Crippen molar-refractivity contribution < 1.29 is 5.85 Å². The molecular formula is C15H20NOSSi+. The van der Waals surface area contributed by atoms with Gasteiger partial charge in [-0.2, -0.15) is 0 Å². The van der Waals surface area contributed by atoms with E-state index in [9.17, 15) is 0 Å². The first kappa shape index (κ1) is 14.0. The molecule has 0 aliphatic heterocycles. The number of aliphatic imine (C=N–C) groups is 1. The van der Waals surface area contributed by atoms with Crippen LogP contribution in [0.15, 0.2) is 40.7 Å². The predicted molar refractivity (Wildman–Crippen MR) is 88.0 cm³/mol. The lowest BCUT2D eigenvalue weighted by molar-refractivity contribution is 0.581. The second-order valence-corrected chi connectivity index (χ2v) is 8.05. The van der Waals surface area contributed by atoms with E-state index < -0.39 is 9.04 Å². The fourth-order valence-corrected chi connectivity index (χ4v) is 3.16. The Hall–Kier alpha value is -1.39. The molecule has 0 aliphatic carbocycles. The van der Waals surface area contributed by atoms with Gasteiger partial charge >= 0.3 is 1.43 Å². The molecular weight excluding hydrogens is 270 g/mol. The van der Waals surface area contributed by atoms with Crippen LogP contribution in [0.4, 0.5) is 5.69 Å². The predicted octanol–water partition coefficient (Wildman–Crippen LogP) is 4.48. The molecule has 0 unspecified atom stereocenters. The number of nitrogens with zero attached hydrogens (tertiary/aromatic N) is 1. The first-order valence-electron chi connectivity index (χ1n) is 6.48. The molecule has 1 heterocycles. The molecule has 0 atom stereocenters. The zero-order valence-corrected chi connectivity index (χ0v) is 13.6. The van der Waals surface area contributed by atoms with E-state index in [0.717, 1.165) is 23.4 Å². The number of aryl methyl sites for hydroxylation is 1. The zero-order chi connectivity index (χ0) is 13.7. The molecule has 0 spiro atoms. The smallest absolute Gasteiger partial charge is 0.546 e. The Morgan fingerprint density at radius 2 is 2.16 bits per heavy atom. The number of hydrogen-bond acceptors (Lipinski definition) is 3. The third-order valence-corrected chi connectivity index (χ3v) is 4.28. The van der Waals surface area contributed by atoms with Gasteiger partial charge < -0.3 is 4.43 Å². The minimum Gasteiger partial charge on any atom is -0.546 e. The topological polar surface area (TPSA) is 21.6 Å². The summed E-state index contributed by atoms with van der Waals surface area (Å²) in [7, 11) is -1.10. The van der Waals surface area contributed by atoms with Crippen molar-refractivity contribution in [2.75, 3.05) is 0 Å². The standard InChI is InChI=1S/C15H19NOSSi/c1-12-6-4-8-14(17-19(2)3)15(12)16-10-9-13-7-5-11-18-13/h4-8,10-11,19H,9H2,1-3H3/p+1. The Kier molecular flexibility index (Phi) is 4.93. The molecule has 0 N–H and O–H groups in total. The lowest BCUT2D eigenvalue weighted by Crippen LogP contribution is -2.11. The van der Waals surface area contributed by atoms with Crippen molar-refractivity contribution in [3.63, 3.8) is 0 Å². The Morgan fingerprint density at radius 1 is 1.32 bits per heavy atom. The molecule has 0 fully saturated rings. The molecule has 1 aromatic carbocycles. The van der Waals surface area contributed by atoms with Gasteiger partial charge in [0.15, 0.2) is 0 Å². The van der Waals surface area contributed by atoms with Gasteiger partial charge in [0, 0.05) is 17.5 Å². The molecule has 2 rings (SSSR count). The average molecular weight is 290 g/mol. The van der Waals surface area contributed by atoms with Crippen LogP contribution < -0.4 is 4.43 Å². The summed E-state index contributed by atoms with van der Waals surface area (Å²) < 4.78 is 5.94. The molecule has 100 valence electrons. The molecule has 0 saturated carbocycles. The normalized spacial score (nSPS) is 11.4. The molecule has 0 bridgehead atoms. The van der Waals surface area contributed by atoms with Crippen molar-refractivity contribution in [3.8, 4) is 5.75 Å². The highest BCUT2D eigenvalue weighted by Crippen LogP contribution is 2.31. The third kappa shape index (κ3) is 4.04. The number of benzene rings is 1. The minimum atomic E-state index is -1.10. The monoisotopic (exact) mass is 290 g/mol. The number of hydrogen-bond donors (Lipinski definition) is 0. The van der Waals surface area contributed by atoms with Crippen LogP contribution in [-0.4, -0.2) is 15.3 Å². The third-order valence-electron chi connectivity index (χ3n) is 2.66. The second-order valence-electron chi connectivity index (χ2n) is 4.68. The summed E-state index contributed by atoms with van der Waals surface area (Å²) in [5, 5.41) is 2.09. The Balaban J connectivity index is 0.00000200. The van der Waals surface area contributed by atoms with Gasteiger partial charge in [-0.05, 0) is 43.1 Å². The average Bonchev–Trinajstić information content (AvgIpc) is 2.85. The Labute approximate surface area is 122 Å². The maximum atomic E-state index is 5.94. The van der Waals surface area contributed by atoms with Gasteiger partial charge in [0.25, 0.3) is 0 Å². The SMILES string of the molecule is Cc1cccc(O[SiH](C)C)c1N=CCc1cccs1.[H+]. The largest absolute Gasteiger partial charge is 1.00 e. The number of rotatable bonds is 5. The number of thiophene rings is 1. The van der Waals surface area contributed by atoms with E-state index in [1.807, 2.05) is 18.3 Å². The lowest BCUT2D eigenvalue weighted by Gasteiger charge is -2.13. The summed E-state index contributed by atoms with van der Waals surface area (Å²) in [6.07, 6.45) is 2.85. The van der Waals surface area contributed by atoms with Gasteiger partial charge in [-0.25, -0.2) is 0 Å². The lowest BCUT2D eigenvalue weighted by atomic mass is 10.2. The van der Waals surface area contributed by atoms with Crippen LogP contribution in [0.5, 0.6) is 5.75 Å². The molecule has 4 heteroatoms. The zero-order valence-electron chi connectivity index (χ0n) is 12.6. The van der Waals surface area contributed by atoms with Crippen LogP contribution in [0.2, 0.25) is 13.1 Å². The fraction of sp³-hybridized carbons (Fsp3) is 0.267. The van der Waals surface area contributed by atoms with Crippen LogP contribution in [0, 0.1) is 6.92 Å². The maximum absolute atomic E-state index is 5.94. The van der Waals surface area contributed by atoms with Gasteiger partial charge in [-0.3, -0.25) is 4.99 Å². The quantitative estimate of drug-likeness (QED) is 0.588. The summed E-state index contributed by atoms with van der Waals surface area (Å²) in [5.41, 5.74) is 2.13. The first-order valence-corrected chi connectivity index (χ1v) is 10.1. The highest BCUT2D eigenvalue weighted by atomic mass is 32.1. The molecule has 0 radical (unpaired) electrons. The Bertz CT molecular complexity index is 555. The van der Waals surface area contributed by atoms with Gasteiger partial charge in [-0.1, -0.05) is 18.2 Å². The fourth-order valence-electron chi connectivity index (χ4n) is 1.80. The van der Waals surface area contributed by atoms with Gasteiger partial charge in [0.2, 0.25) is 9.04 Å². The van der Waals surface area contributed by atoms with E-state index in [2.05, 4.69) is 48.6 Å². The summed E-state index contributed by atoms with van der Waals surface area (Å²) in [6.45, 7) is 6.41. The van der Waals surface area contributed by atoms with E-state index in [4.69, 9.17) is 4.43 Å². The molecule has 0 saturated heterocycles. The van der Waals surface area contributed by atoms with Crippen molar-refractivity contribution in [1.29, 1.82) is 0 Å². The van der Waals surface area contributed by atoms with E-state index in [-0.39, 0.29) is 1.43 Å². The van der Waals surface area contributed by atoms with E-state index in [1.165, 1.54) is 4.88 Å². The highest BCUT2D eigenvalue weighted by molar-refractivity contribution is 7.10. The molecule has 2 aromatic rings. The first-order chi connectivity index (χ1) is 9.16. The molecule has 0 amide bonds. The number of para-hydroxylation sites is 1. The van der Waals surface area contributed by atoms with Gasteiger partial charge in [0.05, 0.1) is 0 Å². The van der Waals surface area contributed by atoms with E-state index in [0.29, 0.717) is 0 Å². The molecule has 19 heavy (non-hydrogen) atoms. The van der Waals surface area contributed by atoms with Crippen molar-refractivity contribution in [1.82, 2.24) is 0 Å². The van der Waals surface area contributed by atoms with E-state index in [1.54, 1.807) is 11.3 Å². The summed E-state index contributed by atoms with van der Waals surface area (Å²) in [4.78, 5) is 5.94. The van der Waals surface area contributed by atoms with Crippen molar-refractivity contribution >= 4 is 32.3 Å². The van der Waals surface area contributed by atoms with E-state index >= 15 is 0 Å². The van der Waals surface area contributed by atoms with Crippen molar-refractivity contribution in [2.24, 2.45) is 4.99 Å². The molecule has 0 aliphatic rings. The summed E-state index contributed by atoms with van der Waals surface area (Å²) in [6, 6.07) is 10.3. The van der Waals surface area contributed by atoms with Crippen LogP contribution in [0.1, 0.15) is 11.9 Å². The summed E-state index contributed by atoms with van der Waals surface area (Å²) >= 11 is 1.76. The molecule has 1 aromatic heterocycles. The van der Waals surface area contributed by atoms with Crippen LogP contribution in [-0.2, 0) is 6.42 Å². The summed E-state index contributed by atoms with van der Waals surface area (Å²) in [5.74, 6) is 0.920. The van der Waals surface area contributed by atoms with Crippen molar-refractivity contribution in [2.45, 2.75) is 26.4 Å². The van der Waals surface area contributed by atoms with Crippen LogP contribution >= 0.6 is 11.3 Å². The van der Waals surface area contributed by atoms with Gasteiger partial charge in [0.1, 0.15) is 11.4 Å².